The lowest BCUT2D eigenvalue weighted by Gasteiger charge is -2.34. The van der Waals surface area contributed by atoms with Crippen molar-refractivity contribution in [1.29, 1.82) is 0 Å². The lowest BCUT2D eigenvalue weighted by molar-refractivity contribution is 0.274. The third-order valence-corrected chi connectivity index (χ3v) is 4.25. The van der Waals surface area contributed by atoms with E-state index in [-0.39, 0.29) is 6.04 Å². The van der Waals surface area contributed by atoms with E-state index in [1.165, 1.54) is 42.6 Å². The molecular formula is C16H28N2. The molecule has 1 heterocycles. The topological polar surface area (TPSA) is 30.9 Å². The molecular weight excluding hydrogens is 220 g/mol. The number of nitrogens with zero attached hydrogens (tertiary/aromatic N) is 1. The normalized spacial score (nSPS) is 21.9. The van der Waals surface area contributed by atoms with Crippen LogP contribution in [0, 0.1) is 12.3 Å². The molecule has 2 rings (SSSR count). The molecule has 2 nitrogen and oxygen atoms in total. The Hall–Kier alpha value is -0.760. The highest BCUT2D eigenvalue weighted by atomic mass is 15.0. The minimum atomic E-state index is 0.231. The molecule has 0 aromatic carbocycles. The number of aryl methyl sites for hydroxylation is 1. The number of rotatable bonds is 4. The molecule has 1 aliphatic carbocycles. The average Bonchev–Trinajstić information content (AvgIpc) is 2.56. The molecule has 0 amide bonds. The summed E-state index contributed by atoms with van der Waals surface area (Å²) in [5.41, 5.74) is 11.0. The number of hydrogen-bond donors (Lipinski definition) is 1. The number of nitrogens with two attached hydrogens (primary N) is 1. The zero-order valence-electron chi connectivity index (χ0n) is 12.4. The average molecular weight is 248 g/mol. The summed E-state index contributed by atoms with van der Waals surface area (Å²) in [6.45, 7) is 10.3. The summed E-state index contributed by atoms with van der Waals surface area (Å²) in [4.78, 5) is 0. The smallest absolute Gasteiger partial charge is 0.0318 e. The maximum Gasteiger partial charge on any atom is 0.0318 e. The van der Waals surface area contributed by atoms with Gasteiger partial charge in [0.2, 0.25) is 0 Å². The molecule has 1 aromatic heterocycles. The molecule has 1 aromatic rings. The number of hydrogen-bond acceptors (Lipinski definition) is 1. The summed E-state index contributed by atoms with van der Waals surface area (Å²) in [5.74, 6) is 0. The van der Waals surface area contributed by atoms with Crippen molar-refractivity contribution in [3.63, 3.8) is 0 Å². The van der Waals surface area contributed by atoms with Gasteiger partial charge < -0.3 is 10.3 Å². The van der Waals surface area contributed by atoms with E-state index in [1.54, 1.807) is 0 Å². The maximum atomic E-state index is 6.35. The van der Waals surface area contributed by atoms with Crippen LogP contribution in [0.2, 0.25) is 0 Å². The second-order valence-electron chi connectivity index (χ2n) is 6.70. The van der Waals surface area contributed by atoms with Crippen LogP contribution in [0.4, 0.5) is 0 Å². The Morgan fingerprint density at radius 1 is 1.39 bits per heavy atom. The van der Waals surface area contributed by atoms with E-state index in [9.17, 15) is 0 Å². The molecule has 0 radical (unpaired) electrons. The lowest BCUT2D eigenvalue weighted by Crippen LogP contribution is -2.30. The van der Waals surface area contributed by atoms with Gasteiger partial charge in [-0.3, -0.25) is 0 Å². The van der Waals surface area contributed by atoms with Crippen LogP contribution in [0.5, 0.6) is 0 Å². The van der Waals surface area contributed by atoms with Crippen LogP contribution in [0.1, 0.15) is 69.4 Å². The lowest BCUT2D eigenvalue weighted by atomic mass is 9.74. The van der Waals surface area contributed by atoms with Gasteiger partial charge in [0.25, 0.3) is 0 Å². The number of aromatic nitrogens is 1. The standard InChI is InChI=1S/C16H28N2/c1-5-6-7-8-18-12(2)9-13-14(17)10-16(3,4)11-15(13)18/h9,14H,5-8,10-11,17H2,1-4H3. The summed E-state index contributed by atoms with van der Waals surface area (Å²) in [6.07, 6.45) is 6.18. The molecule has 0 fully saturated rings. The van der Waals surface area contributed by atoms with Crippen molar-refractivity contribution >= 4 is 0 Å². The molecule has 2 heteroatoms. The number of fused-ring (bicyclic) bond motifs is 1. The molecule has 0 spiro atoms. The Morgan fingerprint density at radius 2 is 2.11 bits per heavy atom. The van der Waals surface area contributed by atoms with Gasteiger partial charge in [-0.15, -0.1) is 0 Å². The van der Waals surface area contributed by atoms with E-state index >= 15 is 0 Å². The van der Waals surface area contributed by atoms with Crippen LogP contribution >= 0.6 is 0 Å². The first-order chi connectivity index (χ1) is 8.44. The largest absolute Gasteiger partial charge is 0.349 e. The minimum Gasteiger partial charge on any atom is -0.349 e. The highest BCUT2D eigenvalue weighted by Gasteiger charge is 2.32. The summed E-state index contributed by atoms with van der Waals surface area (Å²) in [7, 11) is 0. The molecule has 0 aliphatic heterocycles. The first-order valence-electron chi connectivity index (χ1n) is 7.39. The predicted octanol–water partition coefficient (Wildman–Crippen LogP) is 3.96. The Labute approximate surface area is 112 Å². The Morgan fingerprint density at radius 3 is 2.78 bits per heavy atom. The molecule has 1 aliphatic rings. The second kappa shape index (κ2) is 5.08. The molecule has 18 heavy (non-hydrogen) atoms. The monoisotopic (exact) mass is 248 g/mol. The zero-order valence-corrected chi connectivity index (χ0v) is 12.4. The van der Waals surface area contributed by atoms with Gasteiger partial charge in [-0.2, -0.15) is 0 Å². The van der Waals surface area contributed by atoms with Crippen LogP contribution in [0.15, 0.2) is 6.07 Å². The van der Waals surface area contributed by atoms with E-state index in [2.05, 4.69) is 38.3 Å². The van der Waals surface area contributed by atoms with Crippen molar-refractivity contribution in [2.75, 3.05) is 0 Å². The molecule has 1 atom stereocenters. The highest BCUT2D eigenvalue weighted by molar-refractivity contribution is 5.34. The fourth-order valence-electron chi connectivity index (χ4n) is 3.34. The van der Waals surface area contributed by atoms with Crippen LogP contribution < -0.4 is 5.73 Å². The minimum absolute atomic E-state index is 0.231. The first kappa shape index (κ1) is 13.7. The number of unbranched alkanes of at least 4 members (excludes halogenated alkanes) is 2. The van der Waals surface area contributed by atoms with E-state index in [0.717, 1.165) is 13.0 Å². The Balaban J connectivity index is 2.26. The van der Waals surface area contributed by atoms with Crippen molar-refractivity contribution in [2.45, 2.75) is 72.4 Å². The quantitative estimate of drug-likeness (QED) is 0.803. The molecule has 0 saturated heterocycles. The summed E-state index contributed by atoms with van der Waals surface area (Å²) < 4.78 is 2.52. The molecule has 0 saturated carbocycles. The van der Waals surface area contributed by atoms with Gasteiger partial charge in [0, 0.05) is 24.0 Å². The SMILES string of the molecule is CCCCCn1c(C)cc2c1CC(C)(C)CC2N. The van der Waals surface area contributed by atoms with Crippen LogP contribution in [0.25, 0.3) is 0 Å². The second-order valence-corrected chi connectivity index (χ2v) is 6.70. The highest BCUT2D eigenvalue weighted by Crippen LogP contribution is 2.40. The Kier molecular flexibility index (Phi) is 3.86. The van der Waals surface area contributed by atoms with E-state index in [0.29, 0.717) is 5.41 Å². The molecule has 0 bridgehead atoms. The fraction of sp³-hybridized carbons (Fsp3) is 0.750. The van der Waals surface area contributed by atoms with E-state index in [4.69, 9.17) is 5.73 Å². The van der Waals surface area contributed by atoms with Crippen LogP contribution in [-0.2, 0) is 13.0 Å². The van der Waals surface area contributed by atoms with Crippen molar-refractivity contribution < 1.29 is 0 Å². The van der Waals surface area contributed by atoms with Crippen molar-refractivity contribution in [2.24, 2.45) is 11.1 Å². The van der Waals surface area contributed by atoms with Crippen molar-refractivity contribution in [3.8, 4) is 0 Å². The van der Waals surface area contributed by atoms with E-state index in [1.807, 2.05) is 0 Å². The summed E-state index contributed by atoms with van der Waals surface area (Å²) in [5, 5.41) is 0. The predicted molar refractivity (Wildman–Crippen MR) is 77.7 cm³/mol. The third-order valence-electron chi connectivity index (χ3n) is 4.25. The van der Waals surface area contributed by atoms with Gasteiger partial charge in [0.15, 0.2) is 0 Å². The van der Waals surface area contributed by atoms with E-state index < -0.39 is 0 Å². The van der Waals surface area contributed by atoms with Gasteiger partial charge in [0.05, 0.1) is 0 Å². The fourth-order valence-corrected chi connectivity index (χ4v) is 3.34. The zero-order chi connectivity index (χ0) is 13.3. The first-order valence-corrected chi connectivity index (χ1v) is 7.39. The van der Waals surface area contributed by atoms with Crippen LogP contribution in [0.3, 0.4) is 0 Å². The maximum absolute atomic E-state index is 6.35. The summed E-state index contributed by atoms with van der Waals surface area (Å²) in [6, 6.07) is 2.55. The van der Waals surface area contributed by atoms with Gasteiger partial charge in [-0.1, -0.05) is 33.6 Å². The summed E-state index contributed by atoms with van der Waals surface area (Å²) >= 11 is 0. The van der Waals surface area contributed by atoms with Gasteiger partial charge in [0.1, 0.15) is 0 Å². The molecule has 102 valence electrons. The van der Waals surface area contributed by atoms with Crippen molar-refractivity contribution in [3.05, 3.63) is 23.0 Å². The van der Waals surface area contributed by atoms with Crippen LogP contribution in [-0.4, -0.2) is 4.57 Å². The van der Waals surface area contributed by atoms with Gasteiger partial charge in [-0.05, 0) is 43.2 Å². The van der Waals surface area contributed by atoms with Gasteiger partial charge in [-0.25, -0.2) is 0 Å². The van der Waals surface area contributed by atoms with Gasteiger partial charge >= 0.3 is 0 Å². The third kappa shape index (κ3) is 2.64. The molecule has 2 N–H and O–H groups in total. The van der Waals surface area contributed by atoms with Crippen molar-refractivity contribution in [1.82, 2.24) is 4.57 Å². The Bertz CT molecular complexity index is 415. The molecule has 1 unspecified atom stereocenters.